The number of benzene rings is 3. The number of fused-ring (bicyclic) bond motifs is 1. The van der Waals surface area contributed by atoms with Gasteiger partial charge < -0.3 is 30.3 Å². The zero-order valence-electron chi connectivity index (χ0n) is 24.4. The van der Waals surface area contributed by atoms with E-state index in [2.05, 4.69) is 10.6 Å². The molecular weight excluding hydrogens is 574 g/mol. The van der Waals surface area contributed by atoms with Gasteiger partial charge in [-0.15, -0.1) is 0 Å². The number of aliphatic carboxylic acids is 1. The van der Waals surface area contributed by atoms with Crippen LogP contribution in [0.1, 0.15) is 42.1 Å². The number of esters is 1. The first-order valence-electron chi connectivity index (χ1n) is 13.7. The van der Waals surface area contributed by atoms with E-state index in [0.717, 1.165) is 18.4 Å². The molecule has 0 bridgehead atoms. The van der Waals surface area contributed by atoms with Crippen molar-refractivity contribution in [3.63, 3.8) is 0 Å². The summed E-state index contributed by atoms with van der Waals surface area (Å²) >= 11 is 0. The lowest BCUT2D eigenvalue weighted by Gasteiger charge is -2.26. The summed E-state index contributed by atoms with van der Waals surface area (Å²) in [5.41, 5.74) is 0.143. The Morgan fingerprint density at radius 2 is 1.45 bits per heavy atom. The number of alkyl carbamates (subject to hydrolysis) is 1. The largest absolute Gasteiger partial charge is 0.478 e. The normalized spacial score (nSPS) is 12.0. The number of carboxylic acid groups (broad SMARTS) is 2. The van der Waals surface area contributed by atoms with Crippen molar-refractivity contribution in [3.8, 4) is 0 Å². The highest BCUT2D eigenvalue weighted by Gasteiger charge is 2.31. The summed E-state index contributed by atoms with van der Waals surface area (Å²) in [6.45, 7) is 1.93. The maximum absolute atomic E-state index is 13.4. The summed E-state index contributed by atoms with van der Waals surface area (Å²) in [6.07, 6.45) is 0.740. The molecule has 232 valence electrons. The molecule has 0 fully saturated rings. The van der Waals surface area contributed by atoms with Crippen LogP contribution < -0.4 is 15.5 Å². The highest BCUT2D eigenvalue weighted by molar-refractivity contribution is 6.40. The molecule has 0 aliphatic rings. The monoisotopic (exact) mass is 607 g/mol. The Hall–Kier alpha value is -5.46. The van der Waals surface area contributed by atoms with Gasteiger partial charge in [0.2, 0.25) is 5.91 Å². The number of methoxy groups -OCH3 is 2. The number of hydrogen-bond acceptors (Lipinski definition) is 8. The van der Waals surface area contributed by atoms with E-state index in [-0.39, 0.29) is 23.4 Å². The van der Waals surface area contributed by atoms with Crippen LogP contribution in [0.5, 0.6) is 0 Å². The zero-order valence-corrected chi connectivity index (χ0v) is 24.4. The van der Waals surface area contributed by atoms with Crippen LogP contribution in [0.2, 0.25) is 0 Å². The van der Waals surface area contributed by atoms with Crippen molar-refractivity contribution in [2.75, 3.05) is 19.1 Å². The van der Waals surface area contributed by atoms with Crippen LogP contribution in [-0.2, 0) is 35.1 Å². The Labute approximate surface area is 252 Å². The van der Waals surface area contributed by atoms with E-state index in [0.29, 0.717) is 29.2 Å². The van der Waals surface area contributed by atoms with Crippen LogP contribution in [0.25, 0.3) is 10.8 Å². The van der Waals surface area contributed by atoms with E-state index in [9.17, 15) is 39.0 Å². The summed E-state index contributed by atoms with van der Waals surface area (Å²) in [5, 5.41) is 25.4. The van der Waals surface area contributed by atoms with Gasteiger partial charge in [0, 0.05) is 11.8 Å². The second-order valence-electron chi connectivity index (χ2n) is 9.68. The average Bonchev–Trinajstić information content (AvgIpc) is 3.02. The Balaban J connectivity index is 2.12. The van der Waals surface area contributed by atoms with Crippen molar-refractivity contribution < 1.29 is 48.5 Å². The lowest BCUT2D eigenvalue weighted by molar-refractivity contribution is -0.148. The van der Waals surface area contributed by atoms with Gasteiger partial charge in [0.15, 0.2) is 0 Å². The number of hydrogen-bond donors (Lipinski definition) is 4. The molecule has 0 aliphatic heterocycles. The summed E-state index contributed by atoms with van der Waals surface area (Å²) in [4.78, 5) is 75.6. The molecule has 3 amide bonds. The van der Waals surface area contributed by atoms with Crippen LogP contribution >= 0.6 is 0 Å². The number of carboxylic acids is 2. The molecule has 44 heavy (non-hydrogen) atoms. The number of carbonyl (C=O) groups is 6. The lowest BCUT2D eigenvalue weighted by Crippen LogP contribution is -2.52. The third-order valence-electron chi connectivity index (χ3n) is 6.86. The highest BCUT2D eigenvalue weighted by Crippen LogP contribution is 2.36. The second-order valence-corrected chi connectivity index (χ2v) is 9.68. The SMILES string of the molecule is CCCC[C@H](NC(=O)[C@H](Cc1ccc(N(C(=O)C(=O)O)c2ccccc2C(=O)O)c2ccccc12)NC(=O)OC)C(=O)OC. The van der Waals surface area contributed by atoms with Crippen LogP contribution in [0.3, 0.4) is 0 Å². The van der Waals surface area contributed by atoms with Crippen molar-refractivity contribution >= 4 is 58.0 Å². The van der Waals surface area contributed by atoms with Gasteiger partial charge >= 0.3 is 29.9 Å². The number of para-hydroxylation sites is 1. The van der Waals surface area contributed by atoms with Crippen LogP contribution in [-0.4, -0.2) is 72.3 Å². The van der Waals surface area contributed by atoms with Gasteiger partial charge in [0.05, 0.1) is 31.2 Å². The summed E-state index contributed by atoms with van der Waals surface area (Å²) in [5.74, 6) is -5.87. The first kappa shape index (κ1) is 33.0. The van der Waals surface area contributed by atoms with Crippen LogP contribution in [0.15, 0.2) is 60.7 Å². The van der Waals surface area contributed by atoms with E-state index in [1.807, 2.05) is 6.92 Å². The topological polar surface area (TPSA) is 189 Å². The Morgan fingerprint density at radius 3 is 2.07 bits per heavy atom. The Kier molecular flexibility index (Phi) is 11.4. The van der Waals surface area contributed by atoms with Crippen molar-refractivity contribution in [1.82, 2.24) is 10.6 Å². The number of nitrogens with one attached hydrogen (secondary N) is 2. The summed E-state index contributed by atoms with van der Waals surface area (Å²) < 4.78 is 9.53. The molecule has 0 saturated carbocycles. The van der Waals surface area contributed by atoms with E-state index < -0.39 is 47.9 Å². The number of ether oxygens (including phenoxy) is 2. The fraction of sp³-hybridized carbons (Fsp3) is 0.290. The quantitative estimate of drug-likeness (QED) is 0.175. The number of carbonyl (C=O) groups excluding carboxylic acids is 4. The van der Waals surface area contributed by atoms with Gasteiger partial charge in [-0.2, -0.15) is 0 Å². The number of unbranched alkanes of at least 4 members (excludes halogenated alkanes) is 1. The first-order valence-corrected chi connectivity index (χ1v) is 13.7. The smallest absolute Gasteiger partial charge is 0.407 e. The molecule has 4 N–H and O–H groups in total. The van der Waals surface area contributed by atoms with E-state index in [1.165, 1.54) is 43.5 Å². The predicted molar refractivity (Wildman–Crippen MR) is 159 cm³/mol. The summed E-state index contributed by atoms with van der Waals surface area (Å²) in [6, 6.07) is 12.9. The molecule has 0 unspecified atom stereocenters. The molecule has 0 aliphatic carbocycles. The maximum Gasteiger partial charge on any atom is 0.407 e. The first-order chi connectivity index (χ1) is 21.0. The number of aromatic carboxylic acids is 1. The third-order valence-corrected chi connectivity index (χ3v) is 6.86. The van der Waals surface area contributed by atoms with E-state index >= 15 is 0 Å². The van der Waals surface area contributed by atoms with Gasteiger partial charge in [-0.3, -0.25) is 14.5 Å². The highest BCUT2D eigenvalue weighted by atomic mass is 16.5. The van der Waals surface area contributed by atoms with Gasteiger partial charge in [0.1, 0.15) is 12.1 Å². The predicted octanol–water partition coefficient (Wildman–Crippen LogP) is 3.40. The molecule has 0 heterocycles. The number of anilines is 2. The van der Waals surface area contributed by atoms with Gasteiger partial charge in [-0.25, -0.2) is 19.2 Å². The minimum absolute atomic E-state index is 0.0812. The second kappa shape index (κ2) is 15.1. The Morgan fingerprint density at radius 1 is 0.795 bits per heavy atom. The molecule has 0 radical (unpaired) electrons. The third kappa shape index (κ3) is 7.68. The fourth-order valence-corrected chi connectivity index (χ4v) is 4.71. The van der Waals surface area contributed by atoms with Crippen molar-refractivity contribution in [2.24, 2.45) is 0 Å². The lowest BCUT2D eigenvalue weighted by atomic mass is 9.96. The van der Waals surface area contributed by atoms with Crippen molar-refractivity contribution in [2.45, 2.75) is 44.7 Å². The number of nitrogens with zero attached hydrogens (tertiary/aromatic N) is 1. The standard InChI is InChI=1S/C31H33N3O10/c1-4-5-13-22(30(41)43-2)32-26(35)23(33-31(42)44-3)17-18-15-16-25(20-11-7-6-10-19(18)20)34(27(36)29(39)40)24-14-9-8-12-21(24)28(37)38/h6-12,14-16,22-23H,4-5,13,17H2,1-3H3,(H,32,35)(H,33,42)(H,37,38)(H,39,40)/t22-,23-/m0/s1. The average molecular weight is 608 g/mol. The van der Waals surface area contributed by atoms with E-state index in [4.69, 9.17) is 9.47 Å². The number of amides is 3. The molecule has 0 saturated heterocycles. The van der Waals surface area contributed by atoms with Crippen molar-refractivity contribution in [1.29, 1.82) is 0 Å². The van der Waals surface area contributed by atoms with Gasteiger partial charge in [0.25, 0.3) is 0 Å². The van der Waals surface area contributed by atoms with Crippen LogP contribution in [0, 0.1) is 0 Å². The van der Waals surface area contributed by atoms with Gasteiger partial charge in [-0.05, 0) is 35.6 Å². The summed E-state index contributed by atoms with van der Waals surface area (Å²) in [7, 11) is 2.34. The molecule has 13 heteroatoms. The van der Waals surface area contributed by atoms with Gasteiger partial charge in [-0.1, -0.05) is 62.2 Å². The molecule has 2 atom stereocenters. The van der Waals surface area contributed by atoms with Crippen LogP contribution in [0.4, 0.5) is 16.2 Å². The molecular formula is C31H33N3O10. The molecule has 13 nitrogen and oxygen atoms in total. The Bertz CT molecular complexity index is 1570. The minimum atomic E-state index is -1.81. The molecule has 3 aromatic rings. The molecule has 3 aromatic carbocycles. The zero-order chi connectivity index (χ0) is 32.4. The molecule has 3 rings (SSSR count). The maximum atomic E-state index is 13.4. The molecule has 0 aromatic heterocycles. The number of rotatable bonds is 12. The van der Waals surface area contributed by atoms with Crippen molar-refractivity contribution in [3.05, 3.63) is 71.8 Å². The fourth-order valence-electron chi connectivity index (χ4n) is 4.71. The minimum Gasteiger partial charge on any atom is -0.478 e. The van der Waals surface area contributed by atoms with E-state index in [1.54, 1.807) is 24.3 Å². The molecule has 0 spiro atoms.